The van der Waals surface area contributed by atoms with Crippen LogP contribution in [0.2, 0.25) is 0 Å². The summed E-state index contributed by atoms with van der Waals surface area (Å²) in [6, 6.07) is 28.9. The van der Waals surface area contributed by atoms with Crippen LogP contribution in [0.4, 0.5) is 4.79 Å². The van der Waals surface area contributed by atoms with E-state index in [0.29, 0.717) is 19.5 Å². The molecule has 2 aliphatic heterocycles. The number of nitrogens with one attached hydrogen (secondary N) is 1. The molecule has 2 heterocycles. The van der Waals surface area contributed by atoms with Crippen molar-refractivity contribution in [2.24, 2.45) is 0 Å². The van der Waals surface area contributed by atoms with Gasteiger partial charge in [0.2, 0.25) is 11.8 Å². The van der Waals surface area contributed by atoms with Gasteiger partial charge in [-0.2, -0.15) is 5.01 Å². The fourth-order valence-electron chi connectivity index (χ4n) is 6.00. The molecule has 0 aromatic heterocycles. The molecule has 2 fully saturated rings. The van der Waals surface area contributed by atoms with E-state index in [0.717, 1.165) is 23.1 Å². The van der Waals surface area contributed by atoms with E-state index in [1.54, 1.807) is 14.9 Å². The molecule has 4 amide bonds. The van der Waals surface area contributed by atoms with Crippen molar-refractivity contribution in [1.82, 2.24) is 25.1 Å². The Morgan fingerprint density at radius 3 is 2.12 bits per heavy atom. The highest BCUT2D eigenvalue weighted by molar-refractivity contribution is 5.91. The summed E-state index contributed by atoms with van der Waals surface area (Å²) in [5.41, 5.74) is 3.14. The number of terminal acetylenes is 1. The van der Waals surface area contributed by atoms with Gasteiger partial charge in [0, 0.05) is 19.0 Å². The molecule has 1 N–H and O–H groups in total. The Labute approximate surface area is 247 Å². The van der Waals surface area contributed by atoms with Crippen molar-refractivity contribution in [2.45, 2.75) is 44.4 Å². The highest BCUT2D eigenvalue weighted by atomic mass is 16.2. The van der Waals surface area contributed by atoms with Crippen LogP contribution < -0.4 is 5.32 Å². The lowest BCUT2D eigenvalue weighted by molar-refractivity contribution is -0.189. The van der Waals surface area contributed by atoms with Crippen LogP contribution in [-0.2, 0) is 16.1 Å². The number of rotatable bonds is 9. The van der Waals surface area contributed by atoms with Gasteiger partial charge >= 0.3 is 6.03 Å². The standard InChI is InChI=1S/C34H37N5O3/c1-3-14-30-33(41)36(23-29(27-17-10-6-11-18-27)28-19-12-7-13-20-28)24-31-38(30)32(40)25-37(21-4-2)39(31)34(42)35-22-26-15-8-5-9-16-26/h2,5-13,15-20,29-31H,3,14,21-25H2,1H3,(H,35,42)/t30-,31-/m0/s1. The fourth-order valence-corrected chi connectivity index (χ4v) is 6.00. The second-order valence-electron chi connectivity index (χ2n) is 10.7. The van der Waals surface area contributed by atoms with Crippen molar-refractivity contribution in [2.75, 3.05) is 26.2 Å². The minimum atomic E-state index is -0.683. The van der Waals surface area contributed by atoms with Crippen LogP contribution in [-0.4, -0.2) is 76.0 Å². The quantitative estimate of drug-likeness (QED) is 0.399. The van der Waals surface area contributed by atoms with Gasteiger partial charge in [-0.3, -0.25) is 9.59 Å². The van der Waals surface area contributed by atoms with Gasteiger partial charge < -0.3 is 15.1 Å². The number of piperazine rings is 1. The highest BCUT2D eigenvalue weighted by Crippen LogP contribution is 2.32. The number of hydrazine groups is 1. The van der Waals surface area contributed by atoms with E-state index in [1.807, 2.05) is 78.6 Å². The molecule has 0 unspecified atom stereocenters. The minimum Gasteiger partial charge on any atom is -0.336 e. The Balaban J connectivity index is 1.48. The maximum absolute atomic E-state index is 14.1. The van der Waals surface area contributed by atoms with E-state index in [2.05, 4.69) is 35.5 Å². The predicted molar refractivity (Wildman–Crippen MR) is 162 cm³/mol. The highest BCUT2D eigenvalue weighted by Gasteiger charge is 2.51. The molecule has 0 saturated carbocycles. The molecule has 2 saturated heterocycles. The third-order valence-electron chi connectivity index (χ3n) is 7.97. The van der Waals surface area contributed by atoms with Crippen LogP contribution in [0.5, 0.6) is 0 Å². The van der Waals surface area contributed by atoms with E-state index in [1.165, 1.54) is 0 Å². The maximum Gasteiger partial charge on any atom is 0.334 e. The molecule has 0 spiro atoms. The monoisotopic (exact) mass is 563 g/mol. The Hall–Kier alpha value is -4.61. The van der Waals surface area contributed by atoms with E-state index in [4.69, 9.17) is 6.42 Å². The first kappa shape index (κ1) is 28.9. The normalized spacial score (nSPS) is 19.0. The largest absolute Gasteiger partial charge is 0.336 e. The Kier molecular flexibility index (Phi) is 9.20. The van der Waals surface area contributed by atoms with Crippen LogP contribution in [0, 0.1) is 12.3 Å². The summed E-state index contributed by atoms with van der Waals surface area (Å²) < 4.78 is 0. The summed E-state index contributed by atoms with van der Waals surface area (Å²) in [4.78, 5) is 44.9. The average Bonchev–Trinajstić information content (AvgIpc) is 3.02. The average molecular weight is 564 g/mol. The van der Waals surface area contributed by atoms with Gasteiger partial charge in [0.25, 0.3) is 0 Å². The van der Waals surface area contributed by atoms with Gasteiger partial charge in [0.15, 0.2) is 0 Å². The first-order valence-electron chi connectivity index (χ1n) is 14.5. The van der Waals surface area contributed by atoms with Crippen LogP contribution in [0.3, 0.4) is 0 Å². The van der Waals surface area contributed by atoms with Crippen molar-refractivity contribution in [1.29, 1.82) is 0 Å². The summed E-state index contributed by atoms with van der Waals surface area (Å²) in [7, 11) is 0. The van der Waals surface area contributed by atoms with Crippen molar-refractivity contribution < 1.29 is 14.4 Å². The number of hydrogen-bond donors (Lipinski definition) is 1. The third kappa shape index (κ3) is 6.17. The van der Waals surface area contributed by atoms with E-state index in [-0.39, 0.29) is 43.4 Å². The number of fused-ring (bicyclic) bond motifs is 1. The smallest absolute Gasteiger partial charge is 0.334 e. The second kappa shape index (κ2) is 13.4. The summed E-state index contributed by atoms with van der Waals surface area (Å²) in [6.07, 6.45) is 6.22. The van der Waals surface area contributed by atoms with Crippen molar-refractivity contribution in [3.8, 4) is 12.3 Å². The molecule has 42 heavy (non-hydrogen) atoms. The zero-order valence-corrected chi connectivity index (χ0v) is 23.9. The molecule has 0 aliphatic carbocycles. The zero-order valence-electron chi connectivity index (χ0n) is 23.9. The molecule has 2 aliphatic rings. The van der Waals surface area contributed by atoms with Gasteiger partial charge in [-0.05, 0) is 23.1 Å². The predicted octanol–water partition coefficient (Wildman–Crippen LogP) is 4.06. The van der Waals surface area contributed by atoms with Crippen LogP contribution in [0.1, 0.15) is 42.4 Å². The fraction of sp³-hybridized carbons (Fsp3) is 0.324. The Morgan fingerprint density at radius 1 is 0.952 bits per heavy atom. The Morgan fingerprint density at radius 2 is 1.55 bits per heavy atom. The minimum absolute atomic E-state index is 0.0659. The molecule has 5 rings (SSSR count). The summed E-state index contributed by atoms with van der Waals surface area (Å²) >= 11 is 0. The molecule has 8 heteroatoms. The number of amides is 4. The number of carbonyl (C=O) groups excluding carboxylic acids is 3. The maximum atomic E-state index is 14.1. The van der Waals surface area contributed by atoms with Crippen molar-refractivity contribution in [3.05, 3.63) is 108 Å². The molecule has 8 nitrogen and oxygen atoms in total. The van der Waals surface area contributed by atoms with Crippen molar-refractivity contribution >= 4 is 17.8 Å². The second-order valence-corrected chi connectivity index (χ2v) is 10.7. The number of hydrogen-bond acceptors (Lipinski definition) is 4. The van der Waals surface area contributed by atoms with Gasteiger partial charge in [0.05, 0.1) is 19.6 Å². The third-order valence-corrected chi connectivity index (χ3v) is 7.97. The van der Waals surface area contributed by atoms with Crippen LogP contribution in [0.15, 0.2) is 91.0 Å². The first-order chi connectivity index (χ1) is 20.5. The molecular weight excluding hydrogens is 526 g/mol. The molecule has 216 valence electrons. The van der Waals surface area contributed by atoms with Gasteiger partial charge in [-0.1, -0.05) is 110 Å². The van der Waals surface area contributed by atoms with Crippen molar-refractivity contribution in [3.63, 3.8) is 0 Å². The van der Waals surface area contributed by atoms with E-state index >= 15 is 0 Å². The lowest BCUT2D eigenvalue weighted by Crippen LogP contribution is -2.76. The van der Waals surface area contributed by atoms with E-state index in [9.17, 15) is 14.4 Å². The molecule has 3 aromatic carbocycles. The number of nitrogens with zero attached hydrogens (tertiary/aromatic N) is 4. The molecule has 3 aromatic rings. The topological polar surface area (TPSA) is 76.2 Å². The van der Waals surface area contributed by atoms with E-state index < -0.39 is 12.2 Å². The SMILES string of the molecule is C#CCN1CC(=O)N2[C@@H](CCC)C(=O)N(CC(c3ccccc3)c3ccccc3)C[C@@H]2N1C(=O)NCc1ccccc1. The molecular formula is C34H37N5O3. The van der Waals surface area contributed by atoms with Gasteiger partial charge in [-0.15, -0.1) is 6.42 Å². The first-order valence-corrected chi connectivity index (χ1v) is 14.5. The number of carbonyl (C=O) groups is 3. The molecule has 2 atom stereocenters. The number of benzene rings is 3. The van der Waals surface area contributed by atoms with Gasteiger partial charge in [0.1, 0.15) is 12.2 Å². The number of urea groups is 1. The molecule has 0 bridgehead atoms. The Bertz CT molecular complexity index is 1370. The summed E-state index contributed by atoms with van der Waals surface area (Å²) in [5.74, 6) is 2.23. The summed E-state index contributed by atoms with van der Waals surface area (Å²) in [5, 5.41) is 6.19. The lowest BCUT2D eigenvalue weighted by Gasteiger charge is -2.55. The van der Waals surface area contributed by atoms with Crippen LogP contribution >= 0.6 is 0 Å². The molecule has 0 radical (unpaired) electrons. The van der Waals surface area contributed by atoms with Crippen LogP contribution in [0.25, 0.3) is 0 Å². The lowest BCUT2D eigenvalue weighted by atomic mass is 9.90. The van der Waals surface area contributed by atoms with Gasteiger partial charge in [-0.25, -0.2) is 9.80 Å². The summed E-state index contributed by atoms with van der Waals surface area (Å²) in [6.45, 7) is 2.95. The zero-order chi connectivity index (χ0) is 29.5.